The van der Waals surface area contributed by atoms with Crippen LogP contribution in [0.1, 0.15) is 13.3 Å². The van der Waals surface area contributed by atoms with Gasteiger partial charge in [-0.2, -0.15) is 0 Å². The number of rotatable bonds is 9. The molecule has 0 spiro atoms. The van der Waals surface area contributed by atoms with E-state index in [2.05, 4.69) is 5.32 Å². The number of hydrogen-bond acceptors (Lipinski definition) is 6. The summed E-state index contributed by atoms with van der Waals surface area (Å²) in [5.74, 6) is 0.782. The fraction of sp³-hybridized carbons (Fsp3) is 0.538. The number of nitro groups is 1. The lowest BCUT2D eigenvalue weighted by Crippen LogP contribution is -2.08. The van der Waals surface area contributed by atoms with Gasteiger partial charge in [0.05, 0.1) is 25.2 Å². The molecule has 0 fully saturated rings. The topological polar surface area (TPSA) is 82.9 Å². The summed E-state index contributed by atoms with van der Waals surface area (Å²) >= 11 is 0. The molecule has 0 amide bonds. The molecule has 0 aromatic heterocycles. The minimum atomic E-state index is -0.452. The first-order chi connectivity index (χ1) is 9.63. The first-order valence-electron chi connectivity index (χ1n) is 6.36. The van der Waals surface area contributed by atoms with E-state index in [9.17, 15) is 10.1 Å². The van der Waals surface area contributed by atoms with Crippen LogP contribution in [0.4, 0.5) is 11.4 Å². The Hall–Kier alpha value is -2.02. The van der Waals surface area contributed by atoms with E-state index in [0.717, 1.165) is 6.42 Å². The van der Waals surface area contributed by atoms with Crippen molar-refractivity contribution in [2.75, 3.05) is 39.3 Å². The summed E-state index contributed by atoms with van der Waals surface area (Å²) in [7, 11) is 2.93. The molecule has 1 N–H and O–H groups in total. The second-order valence-corrected chi connectivity index (χ2v) is 3.96. The van der Waals surface area contributed by atoms with Gasteiger partial charge in [0.2, 0.25) is 0 Å². The Balaban J connectivity index is 2.84. The van der Waals surface area contributed by atoms with Gasteiger partial charge in [-0.25, -0.2) is 0 Å². The molecule has 112 valence electrons. The van der Waals surface area contributed by atoms with Crippen molar-refractivity contribution < 1.29 is 19.1 Å². The van der Waals surface area contributed by atoms with Crippen LogP contribution in [-0.2, 0) is 4.74 Å². The van der Waals surface area contributed by atoms with Crippen LogP contribution in [0.2, 0.25) is 0 Å². The molecule has 0 radical (unpaired) electrons. The highest BCUT2D eigenvalue weighted by atomic mass is 16.6. The van der Waals surface area contributed by atoms with Crippen LogP contribution in [-0.4, -0.2) is 38.9 Å². The molecule has 0 aliphatic rings. The highest BCUT2D eigenvalue weighted by Crippen LogP contribution is 2.37. The van der Waals surface area contributed by atoms with Crippen molar-refractivity contribution in [2.24, 2.45) is 0 Å². The normalized spacial score (nSPS) is 10.2. The number of hydrogen-bond donors (Lipinski definition) is 1. The number of methoxy groups -OCH3 is 2. The third kappa shape index (κ3) is 4.27. The first-order valence-corrected chi connectivity index (χ1v) is 6.36. The minimum Gasteiger partial charge on any atom is -0.493 e. The average molecular weight is 284 g/mol. The highest BCUT2D eigenvalue weighted by Gasteiger charge is 2.19. The predicted octanol–water partition coefficient (Wildman–Crippen LogP) is 2.45. The summed E-state index contributed by atoms with van der Waals surface area (Å²) in [5, 5.41) is 14.1. The Morgan fingerprint density at radius 2 is 1.90 bits per heavy atom. The van der Waals surface area contributed by atoms with Gasteiger partial charge in [0, 0.05) is 25.8 Å². The second kappa shape index (κ2) is 8.21. The van der Waals surface area contributed by atoms with Crippen LogP contribution in [0.25, 0.3) is 0 Å². The molecule has 0 aliphatic heterocycles. The van der Waals surface area contributed by atoms with Crippen LogP contribution >= 0.6 is 0 Å². The largest absolute Gasteiger partial charge is 0.493 e. The molecule has 7 heteroatoms. The quantitative estimate of drug-likeness (QED) is 0.426. The highest BCUT2D eigenvalue weighted by molar-refractivity contribution is 5.68. The summed E-state index contributed by atoms with van der Waals surface area (Å²) in [6, 6.07) is 2.92. The van der Waals surface area contributed by atoms with Gasteiger partial charge in [0.15, 0.2) is 11.5 Å². The van der Waals surface area contributed by atoms with Crippen molar-refractivity contribution in [1.82, 2.24) is 0 Å². The number of ether oxygens (including phenoxy) is 3. The zero-order chi connectivity index (χ0) is 15.0. The van der Waals surface area contributed by atoms with E-state index in [1.54, 1.807) is 6.07 Å². The van der Waals surface area contributed by atoms with Crippen molar-refractivity contribution in [2.45, 2.75) is 13.3 Å². The van der Waals surface area contributed by atoms with Crippen LogP contribution in [0.5, 0.6) is 11.5 Å². The zero-order valence-electron chi connectivity index (χ0n) is 12.0. The third-order valence-electron chi connectivity index (χ3n) is 2.68. The standard InChI is InChI=1S/C13H20N2O5/c1-4-20-7-5-6-14-10-8-12(18-2)13(19-3)9-11(10)15(16)17/h8-9,14H,4-7H2,1-3H3. The van der Waals surface area contributed by atoms with E-state index in [-0.39, 0.29) is 5.69 Å². The lowest BCUT2D eigenvalue weighted by Gasteiger charge is -2.12. The molecular formula is C13H20N2O5. The van der Waals surface area contributed by atoms with Crippen molar-refractivity contribution in [3.05, 3.63) is 22.2 Å². The summed E-state index contributed by atoms with van der Waals surface area (Å²) in [5.41, 5.74) is 0.364. The summed E-state index contributed by atoms with van der Waals surface area (Å²) in [6.45, 7) is 3.78. The number of nitro benzene ring substituents is 1. The van der Waals surface area contributed by atoms with Crippen LogP contribution in [0, 0.1) is 10.1 Å². The molecule has 0 bridgehead atoms. The van der Waals surface area contributed by atoms with Gasteiger partial charge in [0.1, 0.15) is 5.69 Å². The Kier molecular flexibility index (Phi) is 6.58. The SMILES string of the molecule is CCOCCCNc1cc(OC)c(OC)cc1[N+](=O)[O-]. The van der Waals surface area contributed by atoms with Crippen molar-refractivity contribution >= 4 is 11.4 Å². The van der Waals surface area contributed by atoms with Crippen LogP contribution in [0.15, 0.2) is 12.1 Å². The Morgan fingerprint density at radius 1 is 1.25 bits per heavy atom. The van der Waals surface area contributed by atoms with Gasteiger partial charge in [-0.3, -0.25) is 10.1 Å². The fourth-order valence-electron chi connectivity index (χ4n) is 1.70. The molecule has 20 heavy (non-hydrogen) atoms. The monoisotopic (exact) mass is 284 g/mol. The molecule has 0 atom stereocenters. The van der Waals surface area contributed by atoms with Crippen molar-refractivity contribution in [3.63, 3.8) is 0 Å². The number of nitrogens with zero attached hydrogens (tertiary/aromatic N) is 1. The van der Waals surface area contributed by atoms with E-state index < -0.39 is 4.92 Å². The predicted molar refractivity (Wildman–Crippen MR) is 75.8 cm³/mol. The first kappa shape index (κ1) is 16.0. The molecule has 1 rings (SSSR count). The van der Waals surface area contributed by atoms with Gasteiger partial charge in [0.25, 0.3) is 5.69 Å². The summed E-state index contributed by atoms with van der Waals surface area (Å²) < 4.78 is 15.4. The third-order valence-corrected chi connectivity index (χ3v) is 2.68. The number of nitrogens with one attached hydrogen (secondary N) is 1. The van der Waals surface area contributed by atoms with E-state index in [1.807, 2.05) is 6.92 Å². The molecule has 1 aromatic carbocycles. The molecule has 1 aromatic rings. The summed E-state index contributed by atoms with van der Waals surface area (Å²) in [6.07, 6.45) is 0.763. The van der Waals surface area contributed by atoms with Gasteiger partial charge in [-0.05, 0) is 13.3 Å². The Labute approximate surface area is 118 Å². The van der Waals surface area contributed by atoms with E-state index in [0.29, 0.717) is 36.9 Å². The molecule has 7 nitrogen and oxygen atoms in total. The van der Waals surface area contributed by atoms with E-state index in [1.165, 1.54) is 20.3 Å². The second-order valence-electron chi connectivity index (χ2n) is 3.96. The zero-order valence-corrected chi connectivity index (χ0v) is 12.0. The molecule has 0 saturated carbocycles. The fourth-order valence-corrected chi connectivity index (χ4v) is 1.70. The van der Waals surface area contributed by atoms with Crippen molar-refractivity contribution in [3.8, 4) is 11.5 Å². The van der Waals surface area contributed by atoms with Crippen LogP contribution < -0.4 is 14.8 Å². The minimum absolute atomic E-state index is 0.0425. The van der Waals surface area contributed by atoms with Gasteiger partial charge >= 0.3 is 0 Å². The molecule has 0 unspecified atom stereocenters. The summed E-state index contributed by atoms with van der Waals surface area (Å²) in [4.78, 5) is 10.6. The Bertz CT molecular complexity index is 451. The molecule has 0 heterocycles. The van der Waals surface area contributed by atoms with E-state index in [4.69, 9.17) is 14.2 Å². The number of anilines is 1. The maximum atomic E-state index is 11.1. The maximum Gasteiger partial charge on any atom is 0.296 e. The molecule has 0 saturated heterocycles. The van der Waals surface area contributed by atoms with Gasteiger partial charge in [-0.1, -0.05) is 0 Å². The lowest BCUT2D eigenvalue weighted by molar-refractivity contribution is -0.384. The van der Waals surface area contributed by atoms with Gasteiger partial charge in [-0.15, -0.1) is 0 Å². The average Bonchev–Trinajstić information content (AvgIpc) is 2.46. The number of benzene rings is 1. The van der Waals surface area contributed by atoms with E-state index >= 15 is 0 Å². The molecule has 0 aliphatic carbocycles. The Morgan fingerprint density at radius 3 is 2.45 bits per heavy atom. The van der Waals surface area contributed by atoms with Crippen molar-refractivity contribution in [1.29, 1.82) is 0 Å². The smallest absolute Gasteiger partial charge is 0.296 e. The van der Waals surface area contributed by atoms with Gasteiger partial charge < -0.3 is 19.5 Å². The lowest BCUT2D eigenvalue weighted by atomic mass is 10.2. The maximum absolute atomic E-state index is 11.1. The molecular weight excluding hydrogens is 264 g/mol. The van der Waals surface area contributed by atoms with Crippen LogP contribution in [0.3, 0.4) is 0 Å².